The zero-order valence-electron chi connectivity index (χ0n) is 10.8. The first-order chi connectivity index (χ1) is 9.56. The molecule has 0 aromatic carbocycles. The fraction of sp³-hybridized carbons (Fsp3) is 0.500. The molecule has 1 aromatic rings. The Hall–Kier alpha value is -1.95. The molecule has 2 aliphatic rings. The predicted molar refractivity (Wildman–Crippen MR) is 68.8 cm³/mol. The fourth-order valence-electron chi connectivity index (χ4n) is 3.60. The van der Waals surface area contributed by atoms with Gasteiger partial charge < -0.3 is 10.2 Å². The Morgan fingerprint density at radius 2 is 2.25 bits per heavy atom. The number of aromatic nitrogens is 1. The molecule has 6 heteroatoms. The summed E-state index contributed by atoms with van der Waals surface area (Å²) in [5.41, 5.74) is -0.215. The molecule has 0 amide bonds. The Morgan fingerprint density at radius 3 is 2.80 bits per heavy atom. The molecule has 106 valence electrons. The summed E-state index contributed by atoms with van der Waals surface area (Å²) in [6, 6.07) is 3.66. The zero-order valence-corrected chi connectivity index (χ0v) is 10.8. The Morgan fingerprint density at radius 1 is 1.45 bits per heavy atom. The average Bonchev–Trinajstić information content (AvgIpc) is 3.05. The van der Waals surface area contributed by atoms with Crippen molar-refractivity contribution in [3.8, 4) is 0 Å². The normalized spacial score (nSPS) is 34.5. The number of carboxylic acid groups (broad SMARTS) is 2. The van der Waals surface area contributed by atoms with Crippen LogP contribution in [0.1, 0.15) is 18.4 Å². The van der Waals surface area contributed by atoms with Crippen LogP contribution >= 0.6 is 0 Å². The van der Waals surface area contributed by atoms with Gasteiger partial charge in [0.1, 0.15) is 5.54 Å². The van der Waals surface area contributed by atoms with Gasteiger partial charge in [0.05, 0.1) is 5.92 Å². The van der Waals surface area contributed by atoms with Crippen LogP contribution in [0.25, 0.3) is 0 Å². The first-order valence-corrected chi connectivity index (χ1v) is 6.66. The van der Waals surface area contributed by atoms with Crippen molar-refractivity contribution in [1.29, 1.82) is 0 Å². The molecular formula is C14H16N2O4. The Labute approximate surface area is 115 Å². The van der Waals surface area contributed by atoms with Gasteiger partial charge in [-0.1, -0.05) is 6.07 Å². The lowest BCUT2D eigenvalue weighted by atomic mass is 9.90. The molecule has 0 saturated heterocycles. The van der Waals surface area contributed by atoms with E-state index in [1.54, 1.807) is 18.5 Å². The van der Waals surface area contributed by atoms with E-state index >= 15 is 0 Å². The maximum atomic E-state index is 11.7. The van der Waals surface area contributed by atoms with E-state index in [1.165, 1.54) is 0 Å². The molecule has 0 bridgehead atoms. The monoisotopic (exact) mass is 276 g/mol. The van der Waals surface area contributed by atoms with Gasteiger partial charge in [-0.25, -0.2) is 0 Å². The van der Waals surface area contributed by atoms with E-state index in [4.69, 9.17) is 5.11 Å². The number of pyridine rings is 1. The summed E-state index contributed by atoms with van der Waals surface area (Å²) in [5, 5.41) is 21.8. The second kappa shape index (κ2) is 4.56. The van der Waals surface area contributed by atoms with Crippen molar-refractivity contribution < 1.29 is 19.8 Å². The van der Waals surface area contributed by atoms with Gasteiger partial charge in [-0.3, -0.25) is 19.9 Å². The standard InChI is InChI=1S/C14H16N2O4/c17-12(18)10-9-3-4-14(11(9)10,13(19)20)16-7-8-2-1-5-15-6-8/h1-2,5-6,9-11,16H,3-4,7H2,(H,17,18)(H,19,20). The van der Waals surface area contributed by atoms with E-state index in [2.05, 4.69) is 10.3 Å². The van der Waals surface area contributed by atoms with Gasteiger partial charge in [0.25, 0.3) is 0 Å². The first-order valence-electron chi connectivity index (χ1n) is 6.66. The molecule has 0 radical (unpaired) electrons. The van der Waals surface area contributed by atoms with Gasteiger partial charge in [0.15, 0.2) is 0 Å². The number of nitrogens with zero attached hydrogens (tertiary/aromatic N) is 1. The predicted octanol–water partition coefficient (Wildman–Crippen LogP) is 0.735. The number of carbonyl (C=O) groups is 2. The van der Waals surface area contributed by atoms with Gasteiger partial charge in [-0.05, 0) is 30.4 Å². The maximum Gasteiger partial charge on any atom is 0.324 e. The molecule has 1 heterocycles. The molecule has 6 nitrogen and oxygen atoms in total. The van der Waals surface area contributed by atoms with Crippen molar-refractivity contribution >= 4 is 11.9 Å². The highest BCUT2D eigenvalue weighted by Gasteiger charge is 2.71. The van der Waals surface area contributed by atoms with Crippen molar-refractivity contribution in [3.63, 3.8) is 0 Å². The molecule has 2 fully saturated rings. The molecule has 2 aliphatic carbocycles. The number of hydrogen-bond donors (Lipinski definition) is 3. The van der Waals surface area contributed by atoms with Crippen molar-refractivity contribution in [2.45, 2.75) is 24.9 Å². The lowest BCUT2D eigenvalue weighted by molar-refractivity contribution is -0.147. The number of rotatable bonds is 5. The van der Waals surface area contributed by atoms with Gasteiger partial charge in [0.2, 0.25) is 0 Å². The summed E-state index contributed by atoms with van der Waals surface area (Å²) in [7, 11) is 0. The van der Waals surface area contributed by atoms with Crippen LogP contribution in [0.5, 0.6) is 0 Å². The smallest absolute Gasteiger partial charge is 0.324 e. The zero-order chi connectivity index (χ0) is 14.3. The minimum atomic E-state index is -1.11. The molecule has 20 heavy (non-hydrogen) atoms. The largest absolute Gasteiger partial charge is 0.481 e. The van der Waals surface area contributed by atoms with Gasteiger partial charge in [-0.2, -0.15) is 0 Å². The molecule has 4 atom stereocenters. The van der Waals surface area contributed by atoms with E-state index in [9.17, 15) is 14.7 Å². The maximum absolute atomic E-state index is 11.7. The van der Waals surface area contributed by atoms with Crippen LogP contribution in [0, 0.1) is 17.8 Å². The van der Waals surface area contributed by atoms with E-state index in [0.29, 0.717) is 19.4 Å². The summed E-state index contributed by atoms with van der Waals surface area (Å²) < 4.78 is 0. The van der Waals surface area contributed by atoms with E-state index in [1.807, 2.05) is 6.07 Å². The Bertz CT molecular complexity index is 547. The summed E-state index contributed by atoms with van der Waals surface area (Å²) >= 11 is 0. The van der Waals surface area contributed by atoms with Gasteiger partial charge in [-0.15, -0.1) is 0 Å². The Kier molecular flexibility index (Phi) is 2.97. The lowest BCUT2D eigenvalue weighted by Crippen LogP contribution is -2.53. The second-order valence-electron chi connectivity index (χ2n) is 5.58. The minimum Gasteiger partial charge on any atom is -0.481 e. The quantitative estimate of drug-likeness (QED) is 0.733. The number of aliphatic carboxylic acids is 2. The van der Waals surface area contributed by atoms with Crippen LogP contribution in [0.2, 0.25) is 0 Å². The van der Waals surface area contributed by atoms with E-state index in [0.717, 1.165) is 5.56 Å². The van der Waals surface area contributed by atoms with Crippen LogP contribution < -0.4 is 5.32 Å². The van der Waals surface area contributed by atoms with Gasteiger partial charge in [0, 0.05) is 24.9 Å². The molecule has 3 N–H and O–H groups in total. The minimum absolute atomic E-state index is 0.00463. The van der Waals surface area contributed by atoms with E-state index in [-0.39, 0.29) is 11.8 Å². The SMILES string of the molecule is O=C(O)C1C2CCC(NCc3cccnc3)(C(=O)O)C21. The highest BCUT2D eigenvalue weighted by molar-refractivity contribution is 5.85. The van der Waals surface area contributed by atoms with Gasteiger partial charge >= 0.3 is 11.9 Å². The third-order valence-corrected chi connectivity index (χ3v) is 4.61. The van der Waals surface area contributed by atoms with E-state index < -0.39 is 23.4 Å². The summed E-state index contributed by atoms with van der Waals surface area (Å²) in [6.07, 6.45) is 4.48. The molecule has 2 saturated carbocycles. The molecular weight excluding hydrogens is 260 g/mol. The second-order valence-corrected chi connectivity index (χ2v) is 5.58. The van der Waals surface area contributed by atoms with Crippen molar-refractivity contribution in [2.75, 3.05) is 0 Å². The average molecular weight is 276 g/mol. The molecule has 3 rings (SSSR count). The van der Waals surface area contributed by atoms with Crippen molar-refractivity contribution in [2.24, 2.45) is 17.8 Å². The summed E-state index contributed by atoms with van der Waals surface area (Å²) in [6.45, 7) is 0.385. The summed E-state index contributed by atoms with van der Waals surface area (Å²) in [4.78, 5) is 26.8. The fourth-order valence-corrected chi connectivity index (χ4v) is 3.60. The number of hydrogen-bond acceptors (Lipinski definition) is 4. The van der Waals surface area contributed by atoms with Crippen LogP contribution in [-0.2, 0) is 16.1 Å². The van der Waals surface area contributed by atoms with Crippen LogP contribution in [0.4, 0.5) is 0 Å². The van der Waals surface area contributed by atoms with Crippen LogP contribution in [0.15, 0.2) is 24.5 Å². The molecule has 0 aliphatic heterocycles. The summed E-state index contributed by atoms with van der Waals surface area (Å²) in [5.74, 6) is -2.63. The third-order valence-electron chi connectivity index (χ3n) is 4.61. The third kappa shape index (κ3) is 1.87. The Balaban J connectivity index is 1.77. The number of nitrogens with one attached hydrogen (secondary N) is 1. The molecule has 0 spiro atoms. The highest BCUT2D eigenvalue weighted by atomic mass is 16.4. The van der Waals surface area contributed by atoms with Crippen LogP contribution in [0.3, 0.4) is 0 Å². The molecule has 4 unspecified atom stereocenters. The molecule has 1 aromatic heterocycles. The van der Waals surface area contributed by atoms with Crippen molar-refractivity contribution in [1.82, 2.24) is 10.3 Å². The highest BCUT2D eigenvalue weighted by Crippen LogP contribution is 2.62. The number of carboxylic acids is 2. The first kappa shape index (κ1) is 13.1. The van der Waals surface area contributed by atoms with Crippen LogP contribution in [-0.4, -0.2) is 32.7 Å². The van der Waals surface area contributed by atoms with Crippen molar-refractivity contribution in [3.05, 3.63) is 30.1 Å². The number of fused-ring (bicyclic) bond motifs is 1. The lowest BCUT2D eigenvalue weighted by Gasteiger charge is -2.28. The topological polar surface area (TPSA) is 99.5 Å².